The first-order valence-electron chi connectivity index (χ1n) is 5.37. The van der Waals surface area contributed by atoms with Gasteiger partial charge in [0.1, 0.15) is 0 Å². The van der Waals surface area contributed by atoms with Crippen molar-refractivity contribution in [1.29, 1.82) is 0 Å². The maximum Gasteiger partial charge on any atom is 0.0441 e. The maximum absolute atomic E-state index is 6.22. The van der Waals surface area contributed by atoms with Gasteiger partial charge in [0.15, 0.2) is 0 Å². The smallest absolute Gasteiger partial charge is 0.0441 e. The predicted molar refractivity (Wildman–Crippen MR) is 59.1 cm³/mol. The highest BCUT2D eigenvalue weighted by Gasteiger charge is 2.28. The molecule has 2 aliphatic rings. The first-order valence-corrected chi connectivity index (χ1v) is 5.75. The Hall–Kier alpha value is -0.530. The highest BCUT2D eigenvalue weighted by atomic mass is 35.5. The first-order chi connectivity index (χ1) is 6.86. The standard InChI is InChI=1S/C12H14ClN/c13-11-4-2-8-5-6-14-7-9-1-3-10(11)12(8)9/h2,4,9,14H,1,3,5-7H2. The molecule has 1 aromatic carbocycles. The Balaban J connectivity index is 2.20. The summed E-state index contributed by atoms with van der Waals surface area (Å²) in [6, 6.07) is 4.29. The van der Waals surface area contributed by atoms with Gasteiger partial charge in [-0.1, -0.05) is 17.7 Å². The number of hydrogen-bond donors (Lipinski definition) is 1. The van der Waals surface area contributed by atoms with Crippen molar-refractivity contribution in [3.8, 4) is 0 Å². The average molecular weight is 208 g/mol. The Labute approximate surface area is 89.5 Å². The molecule has 0 aromatic heterocycles. The molecule has 0 saturated carbocycles. The van der Waals surface area contributed by atoms with E-state index in [2.05, 4.69) is 17.4 Å². The summed E-state index contributed by atoms with van der Waals surface area (Å²) in [5.41, 5.74) is 4.53. The summed E-state index contributed by atoms with van der Waals surface area (Å²) >= 11 is 6.22. The van der Waals surface area contributed by atoms with E-state index in [-0.39, 0.29) is 0 Å². The Morgan fingerprint density at radius 3 is 3.14 bits per heavy atom. The summed E-state index contributed by atoms with van der Waals surface area (Å²) in [5, 5.41) is 4.48. The molecule has 74 valence electrons. The van der Waals surface area contributed by atoms with Crippen LogP contribution in [0.25, 0.3) is 0 Å². The monoisotopic (exact) mass is 207 g/mol. The fourth-order valence-corrected chi connectivity index (χ4v) is 3.09. The molecule has 0 radical (unpaired) electrons. The van der Waals surface area contributed by atoms with Gasteiger partial charge in [-0.05, 0) is 54.5 Å². The highest BCUT2D eigenvalue weighted by molar-refractivity contribution is 6.31. The van der Waals surface area contributed by atoms with Crippen LogP contribution in [0.3, 0.4) is 0 Å². The SMILES string of the molecule is Clc1ccc2c3c1CCC3CNCC2. The van der Waals surface area contributed by atoms with E-state index in [1.165, 1.54) is 24.0 Å². The highest BCUT2D eigenvalue weighted by Crippen LogP contribution is 2.40. The van der Waals surface area contributed by atoms with Gasteiger partial charge in [0, 0.05) is 11.6 Å². The molecule has 1 N–H and O–H groups in total. The topological polar surface area (TPSA) is 12.0 Å². The van der Waals surface area contributed by atoms with E-state index in [1.807, 2.05) is 0 Å². The van der Waals surface area contributed by atoms with Crippen molar-refractivity contribution in [2.45, 2.75) is 25.2 Å². The van der Waals surface area contributed by atoms with Crippen molar-refractivity contribution in [1.82, 2.24) is 5.32 Å². The van der Waals surface area contributed by atoms with Crippen LogP contribution < -0.4 is 5.32 Å². The van der Waals surface area contributed by atoms with E-state index in [4.69, 9.17) is 11.6 Å². The molecule has 1 atom stereocenters. The first kappa shape index (κ1) is 8.75. The fourth-order valence-electron chi connectivity index (χ4n) is 2.83. The van der Waals surface area contributed by atoms with Crippen molar-refractivity contribution in [2.24, 2.45) is 0 Å². The molecule has 0 saturated heterocycles. The van der Waals surface area contributed by atoms with Crippen LogP contribution in [0.15, 0.2) is 12.1 Å². The van der Waals surface area contributed by atoms with Gasteiger partial charge in [-0.2, -0.15) is 0 Å². The van der Waals surface area contributed by atoms with E-state index in [0.717, 1.165) is 30.5 Å². The summed E-state index contributed by atoms with van der Waals surface area (Å²) in [4.78, 5) is 0. The number of halogens is 1. The predicted octanol–water partition coefficient (Wildman–Crippen LogP) is 2.52. The summed E-state index contributed by atoms with van der Waals surface area (Å²) in [6.45, 7) is 2.25. The zero-order valence-corrected chi connectivity index (χ0v) is 8.90. The van der Waals surface area contributed by atoms with Crippen LogP contribution in [0.2, 0.25) is 5.02 Å². The minimum atomic E-state index is 0.723. The van der Waals surface area contributed by atoms with Gasteiger partial charge >= 0.3 is 0 Å². The molecule has 1 nitrogen and oxygen atoms in total. The van der Waals surface area contributed by atoms with E-state index >= 15 is 0 Å². The van der Waals surface area contributed by atoms with Gasteiger partial charge in [0.25, 0.3) is 0 Å². The van der Waals surface area contributed by atoms with Crippen molar-refractivity contribution in [3.05, 3.63) is 33.8 Å². The molecular formula is C12H14ClN. The lowest BCUT2D eigenvalue weighted by Gasteiger charge is -2.11. The van der Waals surface area contributed by atoms with Crippen molar-refractivity contribution in [3.63, 3.8) is 0 Å². The summed E-state index contributed by atoms with van der Waals surface area (Å²) in [7, 11) is 0. The van der Waals surface area contributed by atoms with Crippen molar-refractivity contribution < 1.29 is 0 Å². The summed E-state index contributed by atoms with van der Waals surface area (Å²) < 4.78 is 0. The van der Waals surface area contributed by atoms with Crippen LogP contribution in [0.5, 0.6) is 0 Å². The molecule has 1 aliphatic heterocycles. The molecule has 2 heteroatoms. The van der Waals surface area contributed by atoms with E-state index in [0.29, 0.717) is 0 Å². The molecule has 0 bridgehead atoms. The third-order valence-electron chi connectivity index (χ3n) is 3.50. The van der Waals surface area contributed by atoms with Gasteiger partial charge in [-0.3, -0.25) is 0 Å². The zero-order valence-electron chi connectivity index (χ0n) is 8.15. The van der Waals surface area contributed by atoms with Gasteiger partial charge in [-0.15, -0.1) is 0 Å². The van der Waals surface area contributed by atoms with Crippen LogP contribution in [0.4, 0.5) is 0 Å². The summed E-state index contributed by atoms with van der Waals surface area (Å²) in [6.07, 6.45) is 3.61. The maximum atomic E-state index is 6.22. The second-order valence-corrected chi connectivity index (χ2v) is 4.70. The lowest BCUT2D eigenvalue weighted by atomic mass is 9.95. The van der Waals surface area contributed by atoms with Gasteiger partial charge in [0.2, 0.25) is 0 Å². The van der Waals surface area contributed by atoms with Crippen molar-refractivity contribution in [2.75, 3.05) is 13.1 Å². The van der Waals surface area contributed by atoms with Crippen LogP contribution in [-0.4, -0.2) is 13.1 Å². The van der Waals surface area contributed by atoms with Gasteiger partial charge in [-0.25, -0.2) is 0 Å². The molecule has 1 unspecified atom stereocenters. The molecule has 3 rings (SSSR count). The second kappa shape index (κ2) is 3.25. The van der Waals surface area contributed by atoms with E-state index in [1.54, 1.807) is 5.56 Å². The van der Waals surface area contributed by atoms with Crippen molar-refractivity contribution >= 4 is 11.6 Å². The Kier molecular flexibility index (Phi) is 2.03. The molecular weight excluding hydrogens is 194 g/mol. The molecule has 0 spiro atoms. The van der Waals surface area contributed by atoms with Gasteiger partial charge in [0.05, 0.1) is 0 Å². The number of nitrogens with one attached hydrogen (secondary N) is 1. The van der Waals surface area contributed by atoms with Gasteiger partial charge < -0.3 is 5.32 Å². The van der Waals surface area contributed by atoms with E-state index in [9.17, 15) is 0 Å². The van der Waals surface area contributed by atoms with E-state index < -0.39 is 0 Å². The molecule has 0 fully saturated rings. The summed E-state index contributed by atoms with van der Waals surface area (Å²) in [5.74, 6) is 0.723. The van der Waals surface area contributed by atoms with Crippen LogP contribution in [0, 0.1) is 0 Å². The second-order valence-electron chi connectivity index (χ2n) is 4.29. The molecule has 1 heterocycles. The Morgan fingerprint density at radius 1 is 1.29 bits per heavy atom. The Morgan fingerprint density at radius 2 is 2.21 bits per heavy atom. The molecule has 14 heavy (non-hydrogen) atoms. The molecule has 1 aliphatic carbocycles. The molecule has 0 amide bonds. The fraction of sp³-hybridized carbons (Fsp3) is 0.500. The normalized spacial score (nSPS) is 24.5. The average Bonchev–Trinajstić information content (AvgIpc) is 2.51. The number of rotatable bonds is 0. The Bertz CT molecular complexity index is 373. The largest absolute Gasteiger partial charge is 0.316 e. The third kappa shape index (κ3) is 1.19. The van der Waals surface area contributed by atoms with Crippen LogP contribution >= 0.6 is 11.6 Å². The van der Waals surface area contributed by atoms with Crippen LogP contribution in [-0.2, 0) is 12.8 Å². The third-order valence-corrected chi connectivity index (χ3v) is 3.86. The number of benzene rings is 1. The minimum absolute atomic E-state index is 0.723. The quantitative estimate of drug-likeness (QED) is 0.690. The lowest BCUT2D eigenvalue weighted by Crippen LogP contribution is -2.19. The number of hydrogen-bond acceptors (Lipinski definition) is 1. The minimum Gasteiger partial charge on any atom is -0.316 e. The zero-order chi connectivity index (χ0) is 9.54. The molecule has 1 aromatic rings. The van der Waals surface area contributed by atoms with Crippen LogP contribution in [0.1, 0.15) is 29.0 Å². The lowest BCUT2D eigenvalue weighted by molar-refractivity contribution is 0.601.